The van der Waals surface area contributed by atoms with Crippen molar-refractivity contribution in [1.82, 2.24) is 14.5 Å². The molecule has 6 nitrogen and oxygen atoms in total. The van der Waals surface area contributed by atoms with Gasteiger partial charge in [0, 0.05) is 6.54 Å². The molecule has 0 unspecified atom stereocenters. The zero-order chi connectivity index (χ0) is 16.6. The number of H-pyrrole nitrogens is 1. The number of aromatic nitrogens is 3. The number of hydrogen-bond donors (Lipinski definition) is 2. The van der Waals surface area contributed by atoms with Crippen LogP contribution in [0.4, 0.5) is 0 Å². The molecule has 3 aromatic rings. The minimum atomic E-state index is -1.19. The largest absolute Gasteiger partial charge is 0.478 e. The SMILES string of the molecule is C=CCn1c(=S)[nH]c(=O)c2c(C(=O)O)cc(-c3cccs3)nc21. The van der Waals surface area contributed by atoms with E-state index in [-0.39, 0.29) is 21.4 Å². The molecule has 0 saturated heterocycles. The number of hydrogen-bond acceptors (Lipinski definition) is 5. The first-order valence-corrected chi connectivity index (χ1v) is 7.87. The molecule has 0 atom stereocenters. The van der Waals surface area contributed by atoms with Gasteiger partial charge in [-0.3, -0.25) is 14.3 Å². The molecular weight excluding hydrogens is 334 g/mol. The normalized spacial score (nSPS) is 10.8. The van der Waals surface area contributed by atoms with Crippen LogP contribution in [0.2, 0.25) is 0 Å². The summed E-state index contributed by atoms with van der Waals surface area (Å²) in [6.45, 7) is 3.97. The van der Waals surface area contributed by atoms with Crippen LogP contribution in [-0.2, 0) is 6.54 Å². The van der Waals surface area contributed by atoms with Gasteiger partial charge in [0.25, 0.3) is 5.56 Å². The minimum Gasteiger partial charge on any atom is -0.478 e. The van der Waals surface area contributed by atoms with Crippen LogP contribution in [0, 0.1) is 4.77 Å². The lowest BCUT2D eigenvalue weighted by Crippen LogP contribution is -2.18. The predicted molar refractivity (Wildman–Crippen MR) is 91.7 cm³/mol. The molecule has 0 spiro atoms. The van der Waals surface area contributed by atoms with Gasteiger partial charge in [-0.05, 0) is 29.7 Å². The van der Waals surface area contributed by atoms with Crippen molar-refractivity contribution in [1.29, 1.82) is 0 Å². The Hall–Kier alpha value is -2.58. The second kappa shape index (κ2) is 5.90. The first-order valence-electron chi connectivity index (χ1n) is 6.59. The Morgan fingerprint density at radius 3 is 2.96 bits per heavy atom. The summed E-state index contributed by atoms with van der Waals surface area (Å²) in [6, 6.07) is 5.09. The van der Waals surface area contributed by atoms with E-state index in [4.69, 9.17) is 12.2 Å². The number of thiophene rings is 1. The highest BCUT2D eigenvalue weighted by Crippen LogP contribution is 2.26. The number of carbonyl (C=O) groups is 1. The average Bonchev–Trinajstić information content (AvgIpc) is 3.04. The Morgan fingerprint density at radius 2 is 2.35 bits per heavy atom. The summed E-state index contributed by atoms with van der Waals surface area (Å²) in [5, 5.41) is 11.4. The number of nitrogens with one attached hydrogen (secondary N) is 1. The maximum atomic E-state index is 12.2. The van der Waals surface area contributed by atoms with Crippen molar-refractivity contribution >= 4 is 40.6 Å². The van der Waals surface area contributed by atoms with E-state index in [1.165, 1.54) is 17.4 Å². The van der Waals surface area contributed by atoms with E-state index in [0.29, 0.717) is 12.2 Å². The molecule has 0 fully saturated rings. The predicted octanol–water partition coefficient (Wildman–Crippen LogP) is 3.07. The fourth-order valence-corrected chi connectivity index (χ4v) is 3.23. The number of rotatable bonds is 4. The monoisotopic (exact) mass is 345 g/mol. The van der Waals surface area contributed by atoms with Crippen LogP contribution in [0.5, 0.6) is 0 Å². The Kier molecular flexibility index (Phi) is 3.93. The van der Waals surface area contributed by atoms with Crippen molar-refractivity contribution in [2.24, 2.45) is 0 Å². The summed E-state index contributed by atoms with van der Waals surface area (Å²) >= 11 is 6.60. The Morgan fingerprint density at radius 1 is 1.57 bits per heavy atom. The number of carboxylic acids is 1. The molecule has 3 heterocycles. The van der Waals surface area contributed by atoms with E-state index in [2.05, 4.69) is 16.5 Å². The number of aromatic amines is 1. The standard InChI is InChI=1S/C15H11N3O3S2/c1-2-5-18-12-11(13(19)17-15(18)22)8(14(20)21)7-9(16-12)10-4-3-6-23-10/h2-4,6-7H,1,5H2,(H,20,21)(H,17,19,22). The summed E-state index contributed by atoms with van der Waals surface area (Å²) in [5.41, 5.74) is 0.0602. The Balaban J connectivity index is 2.51. The summed E-state index contributed by atoms with van der Waals surface area (Å²) in [4.78, 5) is 31.6. The first kappa shape index (κ1) is 15.3. The second-order valence-electron chi connectivity index (χ2n) is 4.69. The van der Waals surface area contributed by atoms with Gasteiger partial charge in [0.2, 0.25) is 0 Å². The molecule has 2 N–H and O–H groups in total. The third-order valence-electron chi connectivity index (χ3n) is 3.26. The lowest BCUT2D eigenvalue weighted by Gasteiger charge is -2.11. The van der Waals surface area contributed by atoms with E-state index >= 15 is 0 Å². The average molecular weight is 345 g/mol. The van der Waals surface area contributed by atoms with E-state index in [9.17, 15) is 14.7 Å². The van der Waals surface area contributed by atoms with Crippen molar-refractivity contribution in [2.45, 2.75) is 6.54 Å². The maximum Gasteiger partial charge on any atom is 0.336 e. The van der Waals surface area contributed by atoms with Crippen molar-refractivity contribution < 1.29 is 9.90 Å². The summed E-state index contributed by atoms with van der Waals surface area (Å²) in [7, 11) is 0. The lowest BCUT2D eigenvalue weighted by atomic mass is 10.1. The van der Waals surface area contributed by atoms with Crippen LogP contribution < -0.4 is 5.56 Å². The molecule has 0 radical (unpaired) electrons. The minimum absolute atomic E-state index is 0.00764. The number of pyridine rings is 1. The van der Waals surface area contributed by atoms with Crippen LogP contribution in [0.15, 0.2) is 41.0 Å². The van der Waals surface area contributed by atoms with E-state index < -0.39 is 11.5 Å². The van der Waals surface area contributed by atoms with Gasteiger partial charge in [-0.15, -0.1) is 17.9 Å². The zero-order valence-corrected chi connectivity index (χ0v) is 13.4. The molecule has 0 amide bonds. The van der Waals surface area contributed by atoms with E-state index in [1.54, 1.807) is 10.6 Å². The summed E-state index contributed by atoms with van der Waals surface area (Å²) < 4.78 is 1.73. The number of aromatic carboxylic acids is 1. The highest BCUT2D eigenvalue weighted by Gasteiger charge is 2.18. The molecular formula is C15H11N3O3S2. The molecule has 0 aliphatic heterocycles. The molecule has 0 aliphatic rings. The summed E-state index contributed by atoms with van der Waals surface area (Å²) in [6.07, 6.45) is 1.60. The van der Waals surface area contributed by atoms with Gasteiger partial charge in [0.15, 0.2) is 4.77 Å². The third-order valence-corrected chi connectivity index (χ3v) is 4.48. The van der Waals surface area contributed by atoms with Crippen molar-refractivity contribution in [3.63, 3.8) is 0 Å². The van der Waals surface area contributed by atoms with Crippen molar-refractivity contribution in [3.05, 3.63) is 56.9 Å². The topological polar surface area (TPSA) is 88.0 Å². The molecule has 0 bridgehead atoms. The molecule has 0 aliphatic carbocycles. The van der Waals surface area contributed by atoms with Crippen LogP contribution in [0.1, 0.15) is 10.4 Å². The first-order chi connectivity index (χ1) is 11.0. The van der Waals surface area contributed by atoms with E-state index in [0.717, 1.165) is 4.88 Å². The summed E-state index contributed by atoms with van der Waals surface area (Å²) in [5.74, 6) is -1.19. The van der Waals surface area contributed by atoms with Crippen LogP contribution in [-0.4, -0.2) is 25.6 Å². The Labute approximate surface area is 139 Å². The molecule has 8 heteroatoms. The van der Waals surface area contributed by atoms with Crippen LogP contribution in [0.3, 0.4) is 0 Å². The van der Waals surface area contributed by atoms with Gasteiger partial charge in [-0.1, -0.05) is 12.1 Å². The third kappa shape index (κ3) is 2.62. The fourth-order valence-electron chi connectivity index (χ4n) is 2.29. The fraction of sp³-hybridized carbons (Fsp3) is 0.0667. The zero-order valence-electron chi connectivity index (χ0n) is 11.8. The smallest absolute Gasteiger partial charge is 0.336 e. The van der Waals surface area contributed by atoms with Gasteiger partial charge in [0.1, 0.15) is 5.65 Å². The van der Waals surface area contributed by atoms with E-state index in [1.807, 2.05) is 17.5 Å². The van der Waals surface area contributed by atoms with Crippen LogP contribution >= 0.6 is 23.6 Å². The molecule has 23 heavy (non-hydrogen) atoms. The molecule has 3 aromatic heterocycles. The quantitative estimate of drug-likeness (QED) is 0.560. The van der Waals surface area contributed by atoms with Crippen molar-refractivity contribution in [2.75, 3.05) is 0 Å². The van der Waals surface area contributed by atoms with Gasteiger partial charge in [0.05, 0.1) is 21.5 Å². The number of nitrogens with zero attached hydrogens (tertiary/aromatic N) is 2. The molecule has 116 valence electrons. The number of fused-ring (bicyclic) bond motifs is 1. The van der Waals surface area contributed by atoms with Crippen molar-refractivity contribution in [3.8, 4) is 10.6 Å². The molecule has 0 aromatic carbocycles. The van der Waals surface area contributed by atoms with Gasteiger partial charge < -0.3 is 5.11 Å². The highest BCUT2D eigenvalue weighted by molar-refractivity contribution is 7.71. The highest BCUT2D eigenvalue weighted by atomic mass is 32.1. The van der Waals surface area contributed by atoms with Gasteiger partial charge in [-0.2, -0.15) is 0 Å². The number of carboxylic acid groups (broad SMARTS) is 1. The molecule has 0 saturated carbocycles. The maximum absolute atomic E-state index is 12.2. The Bertz CT molecular complexity index is 1030. The molecule has 3 rings (SSSR count). The van der Waals surface area contributed by atoms with Gasteiger partial charge in [-0.25, -0.2) is 9.78 Å². The lowest BCUT2D eigenvalue weighted by molar-refractivity contribution is 0.0699. The van der Waals surface area contributed by atoms with Crippen LogP contribution in [0.25, 0.3) is 21.6 Å². The van der Waals surface area contributed by atoms with Gasteiger partial charge >= 0.3 is 5.97 Å². The second-order valence-corrected chi connectivity index (χ2v) is 6.03. The number of allylic oxidation sites excluding steroid dienone is 1.